The van der Waals surface area contributed by atoms with E-state index < -0.39 is 5.60 Å². The maximum atomic E-state index is 10.9. The van der Waals surface area contributed by atoms with E-state index in [2.05, 4.69) is 0 Å². The smallest absolute Gasteiger partial charge is 0.122 e. The van der Waals surface area contributed by atoms with Crippen molar-refractivity contribution in [2.75, 3.05) is 13.2 Å². The monoisotopic (exact) mass is 260 g/mol. The van der Waals surface area contributed by atoms with Crippen LogP contribution >= 0.6 is 0 Å². The van der Waals surface area contributed by atoms with Gasteiger partial charge in [-0.05, 0) is 24.6 Å². The van der Waals surface area contributed by atoms with Gasteiger partial charge in [-0.1, -0.05) is 37.3 Å². The predicted octanol–water partition coefficient (Wildman–Crippen LogP) is 2.75. The van der Waals surface area contributed by atoms with E-state index in [1.807, 2.05) is 32.1 Å². The van der Waals surface area contributed by atoms with Crippen LogP contribution in [0, 0.1) is 5.92 Å². The second-order valence-electron chi connectivity index (χ2n) is 4.85. The van der Waals surface area contributed by atoms with Gasteiger partial charge in [-0.25, -0.2) is 0 Å². The first kappa shape index (κ1) is 13.8. The van der Waals surface area contributed by atoms with Crippen LogP contribution in [0.1, 0.15) is 19.4 Å². The normalized spacial score (nSPS) is 26.3. The van der Waals surface area contributed by atoms with Crippen molar-refractivity contribution in [3.05, 3.63) is 53.6 Å². The van der Waals surface area contributed by atoms with E-state index in [-0.39, 0.29) is 11.7 Å². The summed E-state index contributed by atoms with van der Waals surface area (Å²) in [5.41, 5.74) is 0.263. The SMILES string of the molecule is CCOCC1=CC(O)(c2ccccc2O)C(C)C=C1. The fourth-order valence-electron chi connectivity index (χ4n) is 2.32. The fraction of sp³-hybridized carbons (Fsp3) is 0.375. The van der Waals surface area contributed by atoms with E-state index in [1.54, 1.807) is 24.3 Å². The van der Waals surface area contributed by atoms with Crippen LogP contribution in [0.25, 0.3) is 0 Å². The first-order chi connectivity index (χ1) is 9.08. The van der Waals surface area contributed by atoms with Crippen LogP contribution in [0.5, 0.6) is 5.75 Å². The van der Waals surface area contributed by atoms with Crippen molar-refractivity contribution in [3.63, 3.8) is 0 Å². The molecule has 0 saturated heterocycles. The Morgan fingerprint density at radius 3 is 2.74 bits per heavy atom. The van der Waals surface area contributed by atoms with Crippen molar-refractivity contribution in [1.82, 2.24) is 0 Å². The summed E-state index contributed by atoms with van der Waals surface area (Å²) in [7, 11) is 0. The first-order valence-electron chi connectivity index (χ1n) is 6.56. The van der Waals surface area contributed by atoms with Gasteiger partial charge < -0.3 is 14.9 Å². The van der Waals surface area contributed by atoms with Crippen LogP contribution < -0.4 is 0 Å². The van der Waals surface area contributed by atoms with Gasteiger partial charge in [-0.2, -0.15) is 0 Å². The third-order valence-electron chi connectivity index (χ3n) is 3.51. The van der Waals surface area contributed by atoms with Gasteiger partial charge in [0.25, 0.3) is 0 Å². The van der Waals surface area contributed by atoms with Gasteiger partial charge in [0.05, 0.1) is 6.61 Å². The van der Waals surface area contributed by atoms with Gasteiger partial charge >= 0.3 is 0 Å². The second-order valence-corrected chi connectivity index (χ2v) is 4.85. The van der Waals surface area contributed by atoms with Crippen LogP contribution in [0.2, 0.25) is 0 Å². The number of ether oxygens (including phenoxy) is 1. The molecule has 0 amide bonds. The average Bonchev–Trinajstić information content (AvgIpc) is 2.40. The Morgan fingerprint density at radius 2 is 2.05 bits per heavy atom. The van der Waals surface area contributed by atoms with Gasteiger partial charge in [-0.3, -0.25) is 0 Å². The lowest BCUT2D eigenvalue weighted by molar-refractivity contribution is 0.0453. The minimum atomic E-state index is -1.19. The molecule has 1 aliphatic carbocycles. The number of para-hydroxylation sites is 1. The molecule has 0 bridgehead atoms. The summed E-state index contributed by atoms with van der Waals surface area (Å²) in [4.78, 5) is 0. The molecule has 0 fully saturated rings. The summed E-state index contributed by atoms with van der Waals surface area (Å²) in [6.45, 7) is 4.97. The molecule has 0 spiro atoms. The molecule has 1 aromatic carbocycles. The molecule has 2 atom stereocenters. The van der Waals surface area contributed by atoms with Crippen molar-refractivity contribution in [2.24, 2.45) is 5.92 Å². The summed E-state index contributed by atoms with van der Waals surface area (Å²) >= 11 is 0. The van der Waals surface area contributed by atoms with Crippen LogP contribution in [0.3, 0.4) is 0 Å². The maximum absolute atomic E-state index is 10.9. The molecule has 19 heavy (non-hydrogen) atoms. The molecular weight excluding hydrogens is 240 g/mol. The standard InChI is InChI=1S/C16H20O3/c1-3-19-11-13-9-8-12(2)16(18,10-13)14-6-4-5-7-15(14)17/h4-10,12,17-18H,3,11H2,1-2H3. The second kappa shape index (κ2) is 5.59. The number of hydrogen-bond acceptors (Lipinski definition) is 3. The lowest BCUT2D eigenvalue weighted by atomic mass is 9.77. The summed E-state index contributed by atoms with van der Waals surface area (Å²) < 4.78 is 5.37. The number of aromatic hydroxyl groups is 1. The van der Waals surface area contributed by atoms with Crippen LogP contribution in [-0.2, 0) is 10.3 Å². The Morgan fingerprint density at radius 1 is 1.32 bits per heavy atom. The zero-order chi connectivity index (χ0) is 13.9. The molecule has 0 radical (unpaired) electrons. The molecule has 2 unspecified atom stereocenters. The third kappa shape index (κ3) is 2.72. The van der Waals surface area contributed by atoms with E-state index in [0.717, 1.165) is 5.57 Å². The van der Waals surface area contributed by atoms with Crippen molar-refractivity contribution >= 4 is 0 Å². The number of aliphatic hydroxyl groups is 1. The van der Waals surface area contributed by atoms with E-state index in [1.165, 1.54) is 0 Å². The first-order valence-corrected chi connectivity index (χ1v) is 6.56. The van der Waals surface area contributed by atoms with Gasteiger partial charge in [0.1, 0.15) is 11.4 Å². The van der Waals surface area contributed by atoms with Crippen molar-refractivity contribution in [2.45, 2.75) is 19.4 Å². The largest absolute Gasteiger partial charge is 0.508 e. The lowest BCUT2D eigenvalue weighted by Crippen LogP contribution is -2.33. The van der Waals surface area contributed by atoms with E-state index >= 15 is 0 Å². The lowest BCUT2D eigenvalue weighted by Gasteiger charge is -2.34. The molecule has 0 saturated carbocycles. The minimum absolute atomic E-state index is 0.105. The maximum Gasteiger partial charge on any atom is 0.122 e. The molecule has 3 heteroatoms. The molecule has 102 valence electrons. The van der Waals surface area contributed by atoms with Crippen molar-refractivity contribution < 1.29 is 14.9 Å². The topological polar surface area (TPSA) is 49.7 Å². The van der Waals surface area contributed by atoms with Gasteiger partial charge in [-0.15, -0.1) is 0 Å². The number of phenols is 1. The number of hydrogen-bond donors (Lipinski definition) is 2. The zero-order valence-electron chi connectivity index (χ0n) is 11.3. The Balaban J connectivity index is 2.37. The summed E-state index contributed by atoms with van der Waals surface area (Å²) in [6.07, 6.45) is 5.69. The van der Waals surface area contributed by atoms with Gasteiger partial charge in [0.2, 0.25) is 0 Å². The Kier molecular flexibility index (Phi) is 4.08. The highest BCUT2D eigenvalue weighted by Gasteiger charge is 2.36. The quantitative estimate of drug-likeness (QED) is 0.875. The molecule has 1 aromatic rings. The predicted molar refractivity (Wildman–Crippen MR) is 74.9 cm³/mol. The Hall–Kier alpha value is -1.58. The molecule has 2 rings (SSSR count). The number of phenolic OH excluding ortho intramolecular Hbond substituents is 1. The summed E-state index contributed by atoms with van der Waals surface area (Å²) in [5, 5.41) is 20.9. The molecule has 2 N–H and O–H groups in total. The van der Waals surface area contributed by atoms with Crippen molar-refractivity contribution in [3.8, 4) is 5.75 Å². The van der Waals surface area contributed by atoms with E-state index in [4.69, 9.17) is 4.74 Å². The molecule has 1 aliphatic rings. The summed E-state index contributed by atoms with van der Waals surface area (Å²) in [6, 6.07) is 6.90. The van der Waals surface area contributed by atoms with E-state index in [9.17, 15) is 10.2 Å². The van der Waals surface area contributed by atoms with Crippen LogP contribution in [0.15, 0.2) is 48.1 Å². The molecule has 0 aliphatic heterocycles. The molecular formula is C16H20O3. The fourth-order valence-corrected chi connectivity index (χ4v) is 2.32. The average molecular weight is 260 g/mol. The highest BCUT2D eigenvalue weighted by molar-refractivity contribution is 5.44. The Bertz CT molecular complexity index is 504. The van der Waals surface area contributed by atoms with E-state index in [0.29, 0.717) is 18.8 Å². The van der Waals surface area contributed by atoms with Crippen LogP contribution in [0.4, 0.5) is 0 Å². The van der Waals surface area contributed by atoms with Crippen LogP contribution in [-0.4, -0.2) is 23.4 Å². The summed E-state index contributed by atoms with van der Waals surface area (Å²) in [5.74, 6) is 0.00494. The highest BCUT2D eigenvalue weighted by Crippen LogP contribution is 2.40. The molecule has 3 nitrogen and oxygen atoms in total. The molecule has 0 heterocycles. The number of rotatable bonds is 4. The minimum Gasteiger partial charge on any atom is -0.508 e. The van der Waals surface area contributed by atoms with Crippen molar-refractivity contribution in [1.29, 1.82) is 0 Å². The third-order valence-corrected chi connectivity index (χ3v) is 3.51. The Labute approximate surface area is 113 Å². The molecule has 0 aromatic heterocycles. The number of benzene rings is 1. The van der Waals surface area contributed by atoms with Gasteiger partial charge in [0.15, 0.2) is 0 Å². The zero-order valence-corrected chi connectivity index (χ0v) is 11.3. The highest BCUT2D eigenvalue weighted by atomic mass is 16.5. The van der Waals surface area contributed by atoms with Gasteiger partial charge in [0, 0.05) is 18.1 Å².